The third-order valence-corrected chi connectivity index (χ3v) is 0.698. The van der Waals surface area contributed by atoms with Crippen molar-refractivity contribution >= 4 is 7.32 Å². The maximum atomic E-state index is 8.42. The Hall–Kier alpha value is 4.77. The molecule has 9 heteroatoms. The summed E-state index contributed by atoms with van der Waals surface area (Å²) in [7, 11) is -2.92. The average molecular weight is 266 g/mol. The molecule has 0 radical (unpaired) electrons. The average Bonchev–Trinajstić information content (AvgIpc) is 1.63. The molecule has 0 heterocycles. The molecule has 0 saturated carbocycles. The fourth-order valence-corrected chi connectivity index (χ4v) is 0. The second-order valence-corrected chi connectivity index (χ2v) is 1.77. The molecule has 13 heavy (non-hydrogen) atoms. The van der Waals surface area contributed by atoms with Crippen LogP contribution in [-0.2, 0) is 0 Å². The molecule has 0 saturated heterocycles. The van der Waals surface area contributed by atoms with Crippen LogP contribution in [0.15, 0.2) is 0 Å². The summed E-state index contributed by atoms with van der Waals surface area (Å²) in [5.74, 6) is 0. The van der Waals surface area contributed by atoms with E-state index in [0.717, 1.165) is 0 Å². The van der Waals surface area contributed by atoms with Crippen molar-refractivity contribution < 1.29 is 179 Å². The van der Waals surface area contributed by atoms with E-state index in [9.17, 15) is 0 Å². The Labute approximate surface area is 207 Å². The van der Waals surface area contributed by atoms with Gasteiger partial charge in [-0.15, -0.1) is 0 Å². The van der Waals surface area contributed by atoms with Crippen LogP contribution in [-0.4, -0.2) is 29.7 Å². The fraction of sp³-hybridized carbons (Fsp3) is 1.00. The molecule has 0 aliphatic carbocycles. The van der Waals surface area contributed by atoms with Crippen LogP contribution < -0.4 is 169 Å². The van der Waals surface area contributed by atoms with Crippen LogP contribution in [0.2, 0.25) is 0 Å². The SMILES string of the molecule is CC(O)C(C)O.[K+].[K+].[K+].[O-]B([O-])[O-]. The van der Waals surface area contributed by atoms with Crippen molar-refractivity contribution in [3.8, 4) is 0 Å². The molecule has 62 valence electrons. The maximum Gasteiger partial charge on any atom is 1.00 e. The van der Waals surface area contributed by atoms with Gasteiger partial charge in [0, 0.05) is 0 Å². The van der Waals surface area contributed by atoms with E-state index in [1.165, 1.54) is 0 Å². The summed E-state index contributed by atoms with van der Waals surface area (Å²) < 4.78 is 0. The Morgan fingerprint density at radius 2 is 0.923 bits per heavy atom. The molecule has 0 bridgehead atoms. The van der Waals surface area contributed by atoms with Crippen molar-refractivity contribution in [3.05, 3.63) is 0 Å². The molecule has 0 aromatic carbocycles. The Bertz CT molecular complexity index is 66.0. The standard InChI is InChI=1S/C4H10O2.BO3.3K/c1-3(5)4(2)6;2-1(3)4;;;/h3-6H,1-2H3;;;;/q;-3;3*+1. The first-order valence-electron chi connectivity index (χ1n) is 2.71. The molecular weight excluding hydrogens is 256 g/mol. The van der Waals surface area contributed by atoms with E-state index in [1.807, 2.05) is 0 Å². The molecule has 2 atom stereocenters. The predicted molar refractivity (Wildman–Crippen MR) is 29.1 cm³/mol. The summed E-state index contributed by atoms with van der Waals surface area (Å²) in [6.45, 7) is 3.09. The van der Waals surface area contributed by atoms with Gasteiger partial charge in [-0.25, -0.2) is 0 Å². The van der Waals surface area contributed by atoms with E-state index >= 15 is 0 Å². The van der Waals surface area contributed by atoms with E-state index in [2.05, 4.69) is 0 Å². The molecule has 5 nitrogen and oxygen atoms in total. The largest absolute Gasteiger partial charge is 1.00 e. The van der Waals surface area contributed by atoms with Crippen molar-refractivity contribution in [2.45, 2.75) is 26.1 Å². The van der Waals surface area contributed by atoms with Gasteiger partial charge in [-0.05, 0) is 13.8 Å². The monoisotopic (exact) mass is 266 g/mol. The fourth-order valence-electron chi connectivity index (χ4n) is 0. The first-order chi connectivity index (χ1) is 4.37. The third-order valence-electron chi connectivity index (χ3n) is 0.698. The van der Waals surface area contributed by atoms with Gasteiger partial charge in [0.05, 0.1) is 12.2 Å². The normalized spacial score (nSPS) is 11.3. The van der Waals surface area contributed by atoms with Gasteiger partial charge in [-0.2, -0.15) is 0 Å². The van der Waals surface area contributed by atoms with Crippen molar-refractivity contribution in [1.29, 1.82) is 0 Å². The molecule has 0 aliphatic heterocycles. The van der Waals surface area contributed by atoms with E-state index in [1.54, 1.807) is 13.8 Å². The zero-order valence-corrected chi connectivity index (χ0v) is 18.2. The Balaban J connectivity index is -0.0000000279. The maximum absolute atomic E-state index is 8.42. The van der Waals surface area contributed by atoms with Gasteiger partial charge in [-0.1, -0.05) is 0 Å². The minimum Gasteiger partial charge on any atom is -0.907 e. The minimum absolute atomic E-state index is 0. The van der Waals surface area contributed by atoms with Crippen molar-refractivity contribution in [2.24, 2.45) is 0 Å². The second kappa shape index (κ2) is 22.0. The van der Waals surface area contributed by atoms with Crippen LogP contribution >= 0.6 is 0 Å². The summed E-state index contributed by atoms with van der Waals surface area (Å²) in [6.07, 6.45) is -1.19. The Morgan fingerprint density at radius 1 is 0.846 bits per heavy atom. The first-order valence-corrected chi connectivity index (χ1v) is 2.71. The van der Waals surface area contributed by atoms with Crippen LogP contribution in [0, 0.1) is 0 Å². The molecule has 0 rings (SSSR count). The van der Waals surface area contributed by atoms with Gasteiger partial charge in [0.25, 0.3) is 0 Å². The number of rotatable bonds is 1. The van der Waals surface area contributed by atoms with E-state index in [-0.39, 0.29) is 154 Å². The Morgan fingerprint density at radius 3 is 0.923 bits per heavy atom. The quantitative estimate of drug-likeness (QED) is 0.458. The summed E-state index contributed by atoms with van der Waals surface area (Å²) in [5.41, 5.74) is 0. The van der Waals surface area contributed by atoms with Gasteiger partial charge >= 0.3 is 154 Å². The molecular formula is C4H10BK3O5. The number of aliphatic hydroxyl groups excluding tert-OH is 2. The van der Waals surface area contributed by atoms with Gasteiger partial charge in [0.1, 0.15) is 0 Å². The number of hydrogen-bond donors (Lipinski definition) is 2. The zero-order chi connectivity index (χ0) is 8.73. The molecule has 0 amide bonds. The summed E-state index contributed by atoms with van der Waals surface area (Å²) in [4.78, 5) is 0. The van der Waals surface area contributed by atoms with E-state index in [0.29, 0.717) is 0 Å². The second-order valence-electron chi connectivity index (χ2n) is 1.77. The van der Waals surface area contributed by atoms with Gasteiger partial charge in [0.15, 0.2) is 0 Å². The van der Waals surface area contributed by atoms with Gasteiger partial charge in [-0.3, -0.25) is 7.32 Å². The molecule has 0 aromatic heterocycles. The van der Waals surface area contributed by atoms with Crippen LogP contribution in [0.4, 0.5) is 0 Å². The van der Waals surface area contributed by atoms with Crippen LogP contribution in [0.1, 0.15) is 13.8 Å². The first kappa shape index (κ1) is 30.6. The molecule has 2 N–H and O–H groups in total. The summed E-state index contributed by atoms with van der Waals surface area (Å²) in [5, 5.41) is 42.0. The van der Waals surface area contributed by atoms with Crippen LogP contribution in [0.25, 0.3) is 0 Å². The zero-order valence-electron chi connectivity index (χ0n) is 8.85. The molecule has 0 aromatic rings. The van der Waals surface area contributed by atoms with Crippen molar-refractivity contribution in [2.75, 3.05) is 0 Å². The molecule has 0 spiro atoms. The van der Waals surface area contributed by atoms with Gasteiger partial charge in [0.2, 0.25) is 0 Å². The molecule has 0 fully saturated rings. The van der Waals surface area contributed by atoms with Crippen molar-refractivity contribution in [3.63, 3.8) is 0 Å². The molecule has 2 unspecified atom stereocenters. The minimum atomic E-state index is -2.92. The summed E-state index contributed by atoms with van der Waals surface area (Å²) in [6, 6.07) is 0. The van der Waals surface area contributed by atoms with Crippen molar-refractivity contribution in [1.82, 2.24) is 0 Å². The smallest absolute Gasteiger partial charge is 0.907 e. The number of hydrogen-bond acceptors (Lipinski definition) is 5. The third kappa shape index (κ3) is 47.6. The van der Waals surface area contributed by atoms with E-state index < -0.39 is 19.5 Å². The predicted octanol–water partition coefficient (Wildman–Crippen LogP) is -13.2. The van der Waals surface area contributed by atoms with Crippen LogP contribution in [0.5, 0.6) is 0 Å². The van der Waals surface area contributed by atoms with Crippen LogP contribution in [0.3, 0.4) is 0 Å². The van der Waals surface area contributed by atoms with E-state index in [4.69, 9.17) is 25.3 Å². The molecule has 0 aliphatic rings. The number of aliphatic hydroxyl groups is 2. The Kier molecular flexibility index (Phi) is 51.9. The topological polar surface area (TPSA) is 110 Å². The van der Waals surface area contributed by atoms with Gasteiger partial charge < -0.3 is 25.3 Å². The summed E-state index contributed by atoms with van der Waals surface area (Å²) >= 11 is 0.